The number of aromatic nitrogens is 4. The molecule has 0 atom stereocenters. The highest BCUT2D eigenvalue weighted by Crippen LogP contribution is 2.27. The first kappa shape index (κ1) is 13.7. The van der Waals surface area contributed by atoms with Crippen LogP contribution in [0.25, 0.3) is 0 Å². The zero-order valence-electron chi connectivity index (χ0n) is 9.91. The van der Waals surface area contributed by atoms with Gasteiger partial charge >= 0.3 is 0 Å². The minimum atomic E-state index is 0.827. The van der Waals surface area contributed by atoms with Gasteiger partial charge in [-0.25, -0.2) is 4.68 Å². The normalized spacial score (nSPS) is 10.8. The lowest BCUT2D eigenvalue weighted by Gasteiger charge is -2.03. The van der Waals surface area contributed by atoms with Crippen LogP contribution in [0.5, 0.6) is 0 Å². The molecule has 0 unspecified atom stereocenters. The Morgan fingerprint density at radius 3 is 2.72 bits per heavy atom. The van der Waals surface area contributed by atoms with Crippen LogP contribution in [-0.2, 0) is 7.05 Å². The molecule has 4 nitrogen and oxygen atoms in total. The first-order valence-corrected chi connectivity index (χ1v) is 7.85. The number of rotatable bonds is 6. The van der Waals surface area contributed by atoms with Crippen LogP contribution < -0.4 is 0 Å². The lowest BCUT2D eigenvalue weighted by Crippen LogP contribution is -1.94. The number of thioether (sulfide) groups is 2. The van der Waals surface area contributed by atoms with Crippen molar-refractivity contribution in [2.24, 2.45) is 7.05 Å². The van der Waals surface area contributed by atoms with Gasteiger partial charge in [-0.15, -0.1) is 16.9 Å². The average molecular weight is 301 g/mol. The minimum Gasteiger partial charge on any atom is -0.224 e. The molecule has 18 heavy (non-hydrogen) atoms. The summed E-state index contributed by atoms with van der Waals surface area (Å²) in [6.07, 6.45) is 1.09. The van der Waals surface area contributed by atoms with Gasteiger partial charge in [0, 0.05) is 17.7 Å². The molecular formula is C11H13ClN4S2. The SMILES string of the molecule is Cn1nnnc1SCCCSc1ccccc1Cl. The first-order chi connectivity index (χ1) is 8.77. The molecule has 0 saturated heterocycles. The maximum atomic E-state index is 6.08. The Labute approximate surface area is 119 Å². The van der Waals surface area contributed by atoms with Gasteiger partial charge in [0.15, 0.2) is 0 Å². The van der Waals surface area contributed by atoms with Gasteiger partial charge in [0.05, 0.1) is 5.02 Å². The largest absolute Gasteiger partial charge is 0.224 e. The number of aryl methyl sites for hydroxylation is 1. The summed E-state index contributed by atoms with van der Waals surface area (Å²) in [7, 11) is 1.85. The van der Waals surface area contributed by atoms with Crippen molar-refractivity contribution in [3.63, 3.8) is 0 Å². The first-order valence-electron chi connectivity index (χ1n) is 5.50. The lowest BCUT2D eigenvalue weighted by atomic mass is 10.4. The summed E-state index contributed by atoms with van der Waals surface area (Å²) in [6, 6.07) is 7.92. The highest BCUT2D eigenvalue weighted by Gasteiger charge is 2.03. The summed E-state index contributed by atoms with van der Waals surface area (Å²) in [4.78, 5) is 1.14. The maximum Gasteiger partial charge on any atom is 0.209 e. The van der Waals surface area contributed by atoms with E-state index in [1.54, 1.807) is 28.2 Å². The Hall–Kier alpha value is -0.720. The van der Waals surface area contributed by atoms with E-state index in [2.05, 4.69) is 15.5 Å². The van der Waals surface area contributed by atoms with Crippen LogP contribution in [0, 0.1) is 0 Å². The molecule has 7 heteroatoms. The van der Waals surface area contributed by atoms with E-state index in [4.69, 9.17) is 11.6 Å². The molecule has 0 saturated carbocycles. The van der Waals surface area contributed by atoms with Gasteiger partial charge in [-0.2, -0.15) is 0 Å². The third-order valence-corrected chi connectivity index (χ3v) is 4.89. The second-order valence-electron chi connectivity index (χ2n) is 3.57. The van der Waals surface area contributed by atoms with Gasteiger partial charge in [-0.3, -0.25) is 0 Å². The van der Waals surface area contributed by atoms with Crippen molar-refractivity contribution in [3.05, 3.63) is 29.3 Å². The van der Waals surface area contributed by atoms with Gasteiger partial charge in [0.2, 0.25) is 5.16 Å². The standard InChI is InChI=1S/C11H13ClN4S2/c1-16-11(13-14-15-16)18-8-4-7-17-10-6-3-2-5-9(10)12/h2-3,5-6H,4,7-8H2,1H3. The van der Waals surface area contributed by atoms with Crippen molar-refractivity contribution in [1.29, 1.82) is 0 Å². The molecule has 0 aliphatic carbocycles. The zero-order valence-corrected chi connectivity index (χ0v) is 12.3. The molecular weight excluding hydrogens is 288 g/mol. The Kier molecular flexibility index (Phi) is 5.34. The van der Waals surface area contributed by atoms with Gasteiger partial charge in [-0.05, 0) is 34.7 Å². The smallest absolute Gasteiger partial charge is 0.209 e. The van der Waals surface area contributed by atoms with Crippen LogP contribution in [0.4, 0.5) is 0 Å². The van der Waals surface area contributed by atoms with E-state index in [9.17, 15) is 0 Å². The number of tetrazole rings is 1. The molecule has 2 aromatic rings. The van der Waals surface area contributed by atoms with E-state index in [-0.39, 0.29) is 0 Å². The molecule has 0 radical (unpaired) electrons. The molecule has 1 aromatic heterocycles. The summed E-state index contributed by atoms with van der Waals surface area (Å²) in [5.74, 6) is 2.05. The number of hydrogen-bond acceptors (Lipinski definition) is 5. The molecule has 0 aliphatic heterocycles. The highest BCUT2D eigenvalue weighted by molar-refractivity contribution is 8.00. The van der Waals surface area contributed by atoms with Crippen LogP contribution >= 0.6 is 35.1 Å². The van der Waals surface area contributed by atoms with Crippen LogP contribution in [0.2, 0.25) is 5.02 Å². The van der Waals surface area contributed by atoms with Crippen molar-refractivity contribution in [2.45, 2.75) is 16.5 Å². The van der Waals surface area contributed by atoms with Gasteiger partial charge in [0.1, 0.15) is 0 Å². The summed E-state index contributed by atoms with van der Waals surface area (Å²) in [5.41, 5.74) is 0. The van der Waals surface area contributed by atoms with Crippen LogP contribution in [0.15, 0.2) is 34.3 Å². The quantitative estimate of drug-likeness (QED) is 0.606. The summed E-state index contributed by atoms with van der Waals surface area (Å²) >= 11 is 9.54. The maximum absolute atomic E-state index is 6.08. The zero-order chi connectivity index (χ0) is 12.8. The minimum absolute atomic E-state index is 0.827. The molecule has 0 N–H and O–H groups in total. The van der Waals surface area contributed by atoms with Crippen molar-refractivity contribution in [3.8, 4) is 0 Å². The van der Waals surface area contributed by atoms with E-state index >= 15 is 0 Å². The second kappa shape index (κ2) is 7.01. The highest BCUT2D eigenvalue weighted by atomic mass is 35.5. The molecule has 0 spiro atoms. The predicted octanol–water partition coefficient (Wildman–Crippen LogP) is 3.14. The van der Waals surface area contributed by atoms with E-state index < -0.39 is 0 Å². The fourth-order valence-electron chi connectivity index (χ4n) is 1.31. The lowest BCUT2D eigenvalue weighted by molar-refractivity contribution is 0.664. The summed E-state index contributed by atoms with van der Waals surface area (Å²) < 4.78 is 1.69. The average Bonchev–Trinajstić information content (AvgIpc) is 2.77. The molecule has 0 aliphatic rings. The predicted molar refractivity (Wildman–Crippen MR) is 76.3 cm³/mol. The van der Waals surface area contributed by atoms with Crippen LogP contribution in [0.1, 0.15) is 6.42 Å². The third-order valence-electron chi connectivity index (χ3n) is 2.20. The third kappa shape index (κ3) is 3.90. The number of nitrogens with zero attached hydrogens (tertiary/aromatic N) is 4. The van der Waals surface area contributed by atoms with Crippen molar-refractivity contribution in [1.82, 2.24) is 20.2 Å². The molecule has 0 fully saturated rings. The molecule has 2 rings (SSSR count). The second-order valence-corrected chi connectivity index (χ2v) is 6.17. The Bertz CT molecular complexity index is 503. The van der Waals surface area contributed by atoms with Gasteiger partial charge in [-0.1, -0.05) is 35.5 Å². The van der Waals surface area contributed by atoms with Crippen LogP contribution in [-0.4, -0.2) is 31.7 Å². The van der Waals surface area contributed by atoms with E-state index in [0.717, 1.165) is 33.0 Å². The molecule has 0 amide bonds. The number of hydrogen-bond donors (Lipinski definition) is 0. The molecule has 96 valence electrons. The topological polar surface area (TPSA) is 43.6 Å². The number of benzene rings is 1. The Morgan fingerprint density at radius 2 is 2.00 bits per heavy atom. The molecule has 1 aromatic carbocycles. The van der Waals surface area contributed by atoms with Crippen molar-refractivity contribution in [2.75, 3.05) is 11.5 Å². The fraction of sp³-hybridized carbons (Fsp3) is 0.364. The van der Waals surface area contributed by atoms with Crippen molar-refractivity contribution < 1.29 is 0 Å². The Morgan fingerprint density at radius 1 is 1.22 bits per heavy atom. The van der Waals surface area contributed by atoms with Crippen molar-refractivity contribution >= 4 is 35.1 Å². The van der Waals surface area contributed by atoms with E-state index in [0.29, 0.717) is 0 Å². The molecule has 1 heterocycles. The molecule has 0 bridgehead atoms. The monoisotopic (exact) mass is 300 g/mol. The summed E-state index contributed by atoms with van der Waals surface area (Å²) in [6.45, 7) is 0. The van der Waals surface area contributed by atoms with Gasteiger partial charge in [0.25, 0.3) is 0 Å². The number of halogens is 1. The van der Waals surface area contributed by atoms with E-state index in [1.807, 2.05) is 31.3 Å². The fourth-order valence-corrected chi connectivity index (χ4v) is 3.47. The van der Waals surface area contributed by atoms with Gasteiger partial charge < -0.3 is 0 Å². The Balaban J connectivity index is 1.68. The summed E-state index contributed by atoms with van der Waals surface area (Å²) in [5, 5.41) is 13.0. The van der Waals surface area contributed by atoms with Crippen LogP contribution in [0.3, 0.4) is 0 Å². The van der Waals surface area contributed by atoms with E-state index in [1.165, 1.54) is 0 Å².